The lowest BCUT2D eigenvalue weighted by molar-refractivity contribution is 0.112. The zero-order valence-electron chi connectivity index (χ0n) is 15.5. The minimum Gasteiger partial charge on any atom is -0.508 e. The number of carbonyl (C=O) groups excluding carboxylic acids is 1. The van der Waals surface area contributed by atoms with Crippen LogP contribution in [-0.4, -0.2) is 37.0 Å². The molecule has 4 nitrogen and oxygen atoms in total. The molecule has 0 bridgehead atoms. The number of rotatable bonds is 8. The van der Waals surface area contributed by atoms with Gasteiger partial charge >= 0.3 is 0 Å². The van der Waals surface area contributed by atoms with Crippen LogP contribution in [0.25, 0.3) is 0 Å². The Bertz CT molecular complexity index is 723. The molecule has 4 heteroatoms. The highest BCUT2D eigenvalue weighted by molar-refractivity contribution is 5.79. The van der Waals surface area contributed by atoms with Gasteiger partial charge in [-0.2, -0.15) is 0 Å². The molecule has 0 aromatic heterocycles. The Morgan fingerprint density at radius 1 is 1.20 bits per heavy atom. The molecule has 2 rings (SSSR count). The molecule has 0 fully saturated rings. The average Bonchev–Trinajstić information content (AvgIpc) is 2.62. The first-order chi connectivity index (χ1) is 12.0. The van der Waals surface area contributed by atoms with E-state index in [2.05, 4.69) is 25.8 Å². The van der Waals surface area contributed by atoms with E-state index in [0.29, 0.717) is 5.56 Å². The van der Waals surface area contributed by atoms with Crippen LogP contribution in [0.2, 0.25) is 0 Å². The summed E-state index contributed by atoms with van der Waals surface area (Å²) in [5.74, 6) is 1.08. The maximum atomic E-state index is 11.5. The fourth-order valence-corrected chi connectivity index (χ4v) is 3.17. The second-order valence-electron chi connectivity index (χ2n) is 6.38. The normalized spacial score (nSPS) is 10.9. The lowest BCUT2D eigenvalue weighted by Gasteiger charge is -2.22. The molecule has 0 atom stereocenters. The van der Waals surface area contributed by atoms with Crippen molar-refractivity contribution < 1.29 is 14.6 Å². The Labute approximate surface area is 150 Å². The Hall–Kier alpha value is -2.33. The topological polar surface area (TPSA) is 49.8 Å². The summed E-state index contributed by atoms with van der Waals surface area (Å²) in [6.07, 6.45) is 2.68. The number of ether oxygens (including phenoxy) is 1. The SMILES string of the molecule is CCc1c(OC)cc(C=O)c(CN(C)CCc2ccc(O)cc2)c1C. The van der Waals surface area contributed by atoms with Crippen molar-refractivity contribution in [2.75, 3.05) is 20.7 Å². The molecular weight excluding hydrogens is 314 g/mol. The number of phenols is 1. The fourth-order valence-electron chi connectivity index (χ4n) is 3.17. The first kappa shape index (κ1) is 19.0. The van der Waals surface area contributed by atoms with Crippen LogP contribution in [0.15, 0.2) is 30.3 Å². The van der Waals surface area contributed by atoms with Crippen molar-refractivity contribution in [3.05, 3.63) is 58.1 Å². The molecule has 2 aromatic rings. The van der Waals surface area contributed by atoms with Gasteiger partial charge in [-0.3, -0.25) is 4.79 Å². The number of hydrogen-bond donors (Lipinski definition) is 1. The number of methoxy groups -OCH3 is 1. The minimum absolute atomic E-state index is 0.286. The molecule has 0 heterocycles. The standard InChI is InChI=1S/C21H27NO3/c1-5-19-15(2)20(17(14-23)12-21(19)25-4)13-22(3)11-10-16-6-8-18(24)9-7-16/h6-9,12,14,24H,5,10-11,13H2,1-4H3. The van der Waals surface area contributed by atoms with Crippen LogP contribution in [0.3, 0.4) is 0 Å². The van der Waals surface area contributed by atoms with E-state index >= 15 is 0 Å². The monoisotopic (exact) mass is 341 g/mol. The predicted molar refractivity (Wildman–Crippen MR) is 101 cm³/mol. The zero-order valence-corrected chi connectivity index (χ0v) is 15.5. The first-order valence-corrected chi connectivity index (χ1v) is 8.61. The highest BCUT2D eigenvalue weighted by atomic mass is 16.5. The second-order valence-corrected chi connectivity index (χ2v) is 6.38. The van der Waals surface area contributed by atoms with Gasteiger partial charge in [0.15, 0.2) is 6.29 Å². The molecule has 0 aliphatic heterocycles. The second kappa shape index (κ2) is 8.67. The Kier molecular flexibility index (Phi) is 6.59. The first-order valence-electron chi connectivity index (χ1n) is 8.61. The van der Waals surface area contributed by atoms with Crippen LogP contribution >= 0.6 is 0 Å². The molecule has 0 saturated carbocycles. The van der Waals surface area contributed by atoms with Gasteiger partial charge in [0.25, 0.3) is 0 Å². The van der Waals surface area contributed by atoms with Gasteiger partial charge in [0.1, 0.15) is 11.5 Å². The van der Waals surface area contributed by atoms with E-state index < -0.39 is 0 Å². The van der Waals surface area contributed by atoms with Gasteiger partial charge in [-0.25, -0.2) is 0 Å². The van der Waals surface area contributed by atoms with Crippen molar-refractivity contribution in [3.8, 4) is 11.5 Å². The van der Waals surface area contributed by atoms with Crippen LogP contribution in [0.4, 0.5) is 0 Å². The summed E-state index contributed by atoms with van der Waals surface area (Å²) in [4.78, 5) is 13.8. The summed E-state index contributed by atoms with van der Waals surface area (Å²) >= 11 is 0. The Morgan fingerprint density at radius 3 is 2.44 bits per heavy atom. The lowest BCUT2D eigenvalue weighted by Crippen LogP contribution is -2.22. The van der Waals surface area contributed by atoms with E-state index in [1.807, 2.05) is 18.2 Å². The number of phenolic OH excluding ortho intramolecular Hbond substituents is 1. The summed E-state index contributed by atoms with van der Waals surface area (Å²) < 4.78 is 5.44. The number of carbonyl (C=O) groups is 1. The van der Waals surface area contributed by atoms with Crippen LogP contribution < -0.4 is 4.74 Å². The quantitative estimate of drug-likeness (QED) is 0.743. The average molecular weight is 341 g/mol. The van der Waals surface area contributed by atoms with Gasteiger partial charge in [0.05, 0.1) is 7.11 Å². The Morgan fingerprint density at radius 2 is 1.88 bits per heavy atom. The summed E-state index contributed by atoms with van der Waals surface area (Å²) in [6.45, 7) is 5.76. The molecule has 0 radical (unpaired) electrons. The highest BCUT2D eigenvalue weighted by Gasteiger charge is 2.16. The maximum Gasteiger partial charge on any atom is 0.150 e. The molecule has 0 saturated heterocycles. The maximum absolute atomic E-state index is 11.5. The van der Waals surface area contributed by atoms with E-state index in [-0.39, 0.29) is 5.75 Å². The highest BCUT2D eigenvalue weighted by Crippen LogP contribution is 2.29. The number of hydrogen-bond acceptors (Lipinski definition) is 4. The molecular formula is C21H27NO3. The predicted octanol–water partition coefficient (Wildman–Crippen LogP) is 3.76. The number of aldehydes is 1. The van der Waals surface area contributed by atoms with Crippen LogP contribution in [-0.2, 0) is 19.4 Å². The number of benzene rings is 2. The fraction of sp³-hybridized carbons (Fsp3) is 0.381. The van der Waals surface area contributed by atoms with Gasteiger partial charge in [0, 0.05) is 18.7 Å². The largest absolute Gasteiger partial charge is 0.508 e. The van der Waals surface area contributed by atoms with E-state index in [1.54, 1.807) is 19.2 Å². The van der Waals surface area contributed by atoms with E-state index in [0.717, 1.165) is 54.7 Å². The lowest BCUT2D eigenvalue weighted by atomic mass is 9.94. The number of aromatic hydroxyl groups is 1. The van der Waals surface area contributed by atoms with E-state index in [9.17, 15) is 9.90 Å². The third-order valence-corrected chi connectivity index (χ3v) is 4.68. The van der Waals surface area contributed by atoms with Crippen molar-refractivity contribution >= 4 is 6.29 Å². The third-order valence-electron chi connectivity index (χ3n) is 4.68. The third kappa shape index (κ3) is 4.60. The molecule has 0 spiro atoms. The van der Waals surface area contributed by atoms with Crippen molar-refractivity contribution in [1.82, 2.24) is 4.90 Å². The van der Waals surface area contributed by atoms with E-state index in [1.165, 1.54) is 5.56 Å². The molecule has 25 heavy (non-hydrogen) atoms. The zero-order chi connectivity index (χ0) is 18.4. The molecule has 0 aliphatic rings. The number of likely N-dealkylation sites (N-methyl/N-ethyl adjacent to an activating group) is 1. The summed E-state index contributed by atoms with van der Waals surface area (Å²) in [5.41, 5.74) is 5.25. The molecule has 1 N–H and O–H groups in total. The van der Waals surface area contributed by atoms with Crippen molar-refractivity contribution in [1.29, 1.82) is 0 Å². The van der Waals surface area contributed by atoms with Crippen LogP contribution in [0, 0.1) is 6.92 Å². The van der Waals surface area contributed by atoms with Crippen molar-refractivity contribution in [2.45, 2.75) is 33.2 Å². The molecule has 0 amide bonds. The summed E-state index contributed by atoms with van der Waals surface area (Å²) in [7, 11) is 3.70. The molecule has 0 unspecified atom stereocenters. The van der Waals surface area contributed by atoms with Gasteiger partial charge in [-0.15, -0.1) is 0 Å². The van der Waals surface area contributed by atoms with Gasteiger partial charge in [-0.1, -0.05) is 19.1 Å². The summed E-state index contributed by atoms with van der Waals surface area (Å²) in [5, 5.41) is 9.36. The van der Waals surface area contributed by atoms with Gasteiger partial charge in [-0.05, 0) is 67.3 Å². The van der Waals surface area contributed by atoms with Crippen molar-refractivity contribution in [2.24, 2.45) is 0 Å². The number of nitrogens with zero attached hydrogens (tertiary/aromatic N) is 1. The minimum atomic E-state index is 0.286. The van der Waals surface area contributed by atoms with E-state index in [4.69, 9.17) is 4.74 Å². The molecule has 134 valence electrons. The Balaban J connectivity index is 2.15. The van der Waals surface area contributed by atoms with Crippen molar-refractivity contribution in [3.63, 3.8) is 0 Å². The summed E-state index contributed by atoms with van der Waals surface area (Å²) in [6, 6.07) is 9.14. The van der Waals surface area contributed by atoms with Gasteiger partial charge in [0.2, 0.25) is 0 Å². The van der Waals surface area contributed by atoms with Crippen LogP contribution in [0.5, 0.6) is 11.5 Å². The molecule has 2 aromatic carbocycles. The van der Waals surface area contributed by atoms with Gasteiger partial charge < -0.3 is 14.7 Å². The smallest absolute Gasteiger partial charge is 0.150 e. The molecule has 0 aliphatic carbocycles. The van der Waals surface area contributed by atoms with Crippen LogP contribution in [0.1, 0.15) is 39.5 Å².